The van der Waals surface area contributed by atoms with Crippen LogP contribution in [0.2, 0.25) is 0 Å². The van der Waals surface area contributed by atoms with Crippen LogP contribution in [-0.4, -0.2) is 26.0 Å². The van der Waals surface area contributed by atoms with Crippen LogP contribution in [0.4, 0.5) is 5.69 Å². The fraction of sp³-hybridized carbons (Fsp3) is 0. The molecule has 0 aliphatic rings. The molecule has 9 heteroatoms. The summed E-state index contributed by atoms with van der Waals surface area (Å²) in [6.07, 6.45) is 1.42. The number of rotatable bonds is 4. The highest BCUT2D eigenvalue weighted by molar-refractivity contribution is 7.99. The van der Waals surface area contributed by atoms with E-state index in [2.05, 4.69) is 9.97 Å². The molecule has 2 aromatic rings. The zero-order valence-corrected chi connectivity index (χ0v) is 11.1. The zero-order chi connectivity index (χ0) is 15.4. The summed E-state index contributed by atoms with van der Waals surface area (Å²) in [6, 6.07) is 6.99. The molecular formula is C12H6N4O4S. The molecule has 0 spiro atoms. The van der Waals surface area contributed by atoms with Gasteiger partial charge in [0.15, 0.2) is 0 Å². The summed E-state index contributed by atoms with van der Waals surface area (Å²) in [4.78, 5) is 28.8. The van der Waals surface area contributed by atoms with E-state index in [1.807, 2.05) is 0 Å². The summed E-state index contributed by atoms with van der Waals surface area (Å²) in [6.45, 7) is 0. The summed E-state index contributed by atoms with van der Waals surface area (Å²) in [5.41, 5.74) is -0.750. The van der Waals surface area contributed by atoms with Crippen molar-refractivity contribution in [2.45, 2.75) is 10.1 Å². The van der Waals surface area contributed by atoms with Crippen LogP contribution in [0, 0.1) is 21.4 Å². The van der Waals surface area contributed by atoms with Crippen molar-refractivity contribution in [3.63, 3.8) is 0 Å². The van der Waals surface area contributed by atoms with E-state index in [1.165, 1.54) is 24.4 Å². The highest BCUT2D eigenvalue weighted by atomic mass is 32.2. The van der Waals surface area contributed by atoms with Crippen molar-refractivity contribution in [2.24, 2.45) is 0 Å². The number of hydrogen-bond acceptors (Lipinski definition) is 7. The Kier molecular flexibility index (Phi) is 4.10. The quantitative estimate of drug-likeness (QED) is 0.671. The molecule has 104 valence electrons. The monoisotopic (exact) mass is 302 g/mol. The van der Waals surface area contributed by atoms with E-state index in [4.69, 9.17) is 10.4 Å². The van der Waals surface area contributed by atoms with Gasteiger partial charge in [0.05, 0.1) is 10.5 Å². The lowest BCUT2D eigenvalue weighted by Gasteiger charge is -2.04. The lowest BCUT2D eigenvalue weighted by molar-refractivity contribution is -0.385. The van der Waals surface area contributed by atoms with Gasteiger partial charge in [-0.25, -0.2) is 14.8 Å². The van der Waals surface area contributed by atoms with Gasteiger partial charge in [0.2, 0.25) is 5.69 Å². The maximum Gasteiger partial charge on any atom is 0.338 e. The molecule has 2 rings (SSSR count). The Morgan fingerprint density at radius 2 is 2.19 bits per heavy atom. The van der Waals surface area contributed by atoms with Crippen LogP contribution >= 0.6 is 11.8 Å². The molecule has 21 heavy (non-hydrogen) atoms. The number of hydrogen-bond donors (Lipinski definition) is 1. The summed E-state index contributed by atoms with van der Waals surface area (Å²) in [5.74, 6) is -1.15. The molecule has 0 bridgehead atoms. The number of carbonyl (C=O) groups is 1. The first-order valence-electron chi connectivity index (χ1n) is 5.44. The predicted molar refractivity (Wildman–Crippen MR) is 70.9 cm³/mol. The average Bonchev–Trinajstić information content (AvgIpc) is 2.47. The molecule has 0 aliphatic carbocycles. The third kappa shape index (κ3) is 3.13. The van der Waals surface area contributed by atoms with E-state index in [0.29, 0.717) is 0 Å². The van der Waals surface area contributed by atoms with Gasteiger partial charge in [-0.05, 0) is 30.0 Å². The Bertz CT molecular complexity index is 772. The number of nitrogens with zero attached hydrogens (tertiary/aromatic N) is 4. The molecule has 2 heterocycles. The molecular weight excluding hydrogens is 296 g/mol. The van der Waals surface area contributed by atoms with Crippen LogP contribution in [-0.2, 0) is 0 Å². The number of carboxylic acid groups (broad SMARTS) is 1. The Labute approximate surface area is 122 Å². The molecule has 2 aromatic heterocycles. The van der Waals surface area contributed by atoms with Crippen LogP contribution in [0.1, 0.15) is 16.1 Å². The van der Waals surface area contributed by atoms with Gasteiger partial charge in [-0.15, -0.1) is 0 Å². The van der Waals surface area contributed by atoms with Crippen molar-refractivity contribution < 1.29 is 14.8 Å². The number of pyridine rings is 2. The van der Waals surface area contributed by atoms with Gasteiger partial charge in [0.25, 0.3) is 0 Å². The highest BCUT2D eigenvalue weighted by Crippen LogP contribution is 2.29. The molecule has 0 aliphatic heterocycles. The minimum absolute atomic E-state index is 0.0128. The molecule has 0 saturated carbocycles. The summed E-state index contributed by atoms with van der Waals surface area (Å²) in [7, 11) is 0. The largest absolute Gasteiger partial charge is 0.478 e. The van der Waals surface area contributed by atoms with Crippen molar-refractivity contribution in [2.75, 3.05) is 0 Å². The molecule has 0 amide bonds. The van der Waals surface area contributed by atoms with E-state index in [-0.39, 0.29) is 21.3 Å². The lowest BCUT2D eigenvalue weighted by atomic mass is 10.3. The first-order chi connectivity index (χ1) is 10.0. The van der Waals surface area contributed by atoms with Gasteiger partial charge in [0.1, 0.15) is 16.1 Å². The van der Waals surface area contributed by atoms with Gasteiger partial charge >= 0.3 is 11.7 Å². The topological polar surface area (TPSA) is 130 Å². The summed E-state index contributed by atoms with van der Waals surface area (Å²) < 4.78 is 0. The minimum Gasteiger partial charge on any atom is -0.478 e. The van der Waals surface area contributed by atoms with Crippen molar-refractivity contribution in [3.8, 4) is 6.07 Å². The van der Waals surface area contributed by atoms with E-state index >= 15 is 0 Å². The highest BCUT2D eigenvalue weighted by Gasteiger charge is 2.18. The maximum atomic E-state index is 11.1. The average molecular weight is 302 g/mol. The molecule has 0 radical (unpaired) electrons. The van der Waals surface area contributed by atoms with E-state index < -0.39 is 16.6 Å². The third-order valence-electron chi connectivity index (χ3n) is 2.35. The molecule has 0 atom stereocenters. The predicted octanol–water partition coefficient (Wildman–Crippen LogP) is 2.11. The van der Waals surface area contributed by atoms with E-state index in [0.717, 1.165) is 17.8 Å². The second-order valence-electron chi connectivity index (χ2n) is 3.65. The fourth-order valence-electron chi connectivity index (χ4n) is 1.45. The molecule has 8 nitrogen and oxygen atoms in total. The third-order valence-corrected chi connectivity index (χ3v) is 3.31. The van der Waals surface area contributed by atoms with Crippen molar-refractivity contribution in [3.05, 3.63) is 51.8 Å². The zero-order valence-electron chi connectivity index (χ0n) is 10.3. The van der Waals surface area contributed by atoms with Crippen LogP contribution in [0.15, 0.2) is 40.5 Å². The van der Waals surface area contributed by atoms with E-state index in [9.17, 15) is 14.9 Å². The minimum atomic E-state index is -1.15. The molecule has 0 fully saturated rings. The smallest absolute Gasteiger partial charge is 0.338 e. The van der Waals surface area contributed by atoms with Gasteiger partial charge < -0.3 is 5.11 Å². The Hall–Kier alpha value is -2.99. The Morgan fingerprint density at radius 1 is 1.43 bits per heavy atom. The van der Waals surface area contributed by atoms with Crippen LogP contribution in [0.3, 0.4) is 0 Å². The van der Waals surface area contributed by atoms with E-state index in [1.54, 1.807) is 6.07 Å². The van der Waals surface area contributed by atoms with Gasteiger partial charge in [-0.1, -0.05) is 0 Å². The SMILES string of the molecule is N#Cc1nc(Sc2ncccc2C(=O)O)ccc1[N+](=O)[O-]. The summed E-state index contributed by atoms with van der Waals surface area (Å²) >= 11 is 0.916. The first-order valence-corrected chi connectivity index (χ1v) is 6.26. The van der Waals surface area contributed by atoms with Gasteiger partial charge in [-0.3, -0.25) is 10.1 Å². The fourth-order valence-corrected chi connectivity index (χ4v) is 2.30. The van der Waals surface area contributed by atoms with Crippen molar-refractivity contribution in [1.82, 2.24) is 9.97 Å². The Morgan fingerprint density at radius 3 is 2.81 bits per heavy atom. The summed E-state index contributed by atoms with van der Waals surface area (Å²) in [5, 5.41) is 29.1. The van der Waals surface area contributed by atoms with Gasteiger partial charge in [-0.2, -0.15) is 5.26 Å². The van der Waals surface area contributed by atoms with Crippen molar-refractivity contribution in [1.29, 1.82) is 5.26 Å². The van der Waals surface area contributed by atoms with Crippen LogP contribution in [0.5, 0.6) is 0 Å². The maximum absolute atomic E-state index is 11.1. The van der Waals surface area contributed by atoms with Crippen molar-refractivity contribution >= 4 is 23.4 Å². The number of nitro groups is 1. The molecule has 1 N–H and O–H groups in total. The standard InChI is InChI=1S/C12H6N4O4S/c13-6-8-9(16(19)20)3-4-10(15-8)21-11-7(12(17)18)2-1-5-14-11/h1-5H,(H,17,18). The number of nitriles is 1. The van der Waals surface area contributed by atoms with Gasteiger partial charge in [0, 0.05) is 12.3 Å². The lowest BCUT2D eigenvalue weighted by Crippen LogP contribution is -2.01. The number of carboxylic acids is 1. The first kappa shape index (κ1) is 14.4. The number of aromatic nitrogens is 2. The Balaban J connectivity index is 2.40. The normalized spacial score (nSPS) is 9.86. The van der Waals surface area contributed by atoms with Crippen LogP contribution in [0.25, 0.3) is 0 Å². The molecule has 0 unspecified atom stereocenters. The second-order valence-corrected chi connectivity index (χ2v) is 4.66. The molecule has 0 saturated heterocycles. The molecule has 0 aromatic carbocycles. The van der Waals surface area contributed by atoms with Crippen LogP contribution < -0.4 is 0 Å². The second kappa shape index (κ2) is 5.98. The number of aromatic carboxylic acids is 1.